The summed E-state index contributed by atoms with van der Waals surface area (Å²) in [6.45, 7) is 7.79. The summed E-state index contributed by atoms with van der Waals surface area (Å²) in [6, 6.07) is 11.6. The molecule has 1 aromatic heterocycles. The van der Waals surface area contributed by atoms with E-state index in [1.165, 1.54) is 22.0 Å². The third kappa shape index (κ3) is 8.81. The molecular weight excluding hydrogens is 780 g/mol. The number of carbonyl (C=O) groups excluding carboxylic acids is 2. The van der Waals surface area contributed by atoms with Gasteiger partial charge in [0, 0.05) is 69.1 Å². The minimum atomic E-state index is -3.65. The molecule has 3 aliphatic heterocycles. The van der Waals surface area contributed by atoms with Crippen LogP contribution in [0.15, 0.2) is 59.1 Å². The van der Waals surface area contributed by atoms with Crippen LogP contribution in [0.4, 0.5) is 5.69 Å². The zero-order chi connectivity index (χ0) is 40.4. The van der Waals surface area contributed by atoms with E-state index >= 15 is 0 Å². The van der Waals surface area contributed by atoms with Crippen LogP contribution in [0.25, 0.3) is 0 Å². The summed E-state index contributed by atoms with van der Waals surface area (Å²) in [5, 5.41) is 5.10. The number of ether oxygens (including phenoxy) is 4. The van der Waals surface area contributed by atoms with E-state index in [4.69, 9.17) is 30.5 Å². The van der Waals surface area contributed by atoms with E-state index in [0.29, 0.717) is 63.5 Å². The number of hydrogen-bond acceptors (Lipinski definition) is 10. The zero-order valence-electron chi connectivity index (χ0n) is 33.7. The van der Waals surface area contributed by atoms with Crippen LogP contribution in [0.2, 0.25) is 5.02 Å². The van der Waals surface area contributed by atoms with E-state index in [9.17, 15) is 13.8 Å². The molecule has 1 N–H and O–H groups in total. The first-order valence-corrected chi connectivity index (χ1v) is 22.7. The van der Waals surface area contributed by atoms with Gasteiger partial charge in [0.15, 0.2) is 0 Å². The van der Waals surface area contributed by atoms with Crippen molar-refractivity contribution in [3.8, 4) is 11.6 Å². The van der Waals surface area contributed by atoms with Gasteiger partial charge >= 0.3 is 0 Å². The van der Waals surface area contributed by atoms with E-state index in [0.717, 1.165) is 62.4 Å². The van der Waals surface area contributed by atoms with Gasteiger partial charge in [-0.15, -0.1) is 9.46 Å². The van der Waals surface area contributed by atoms with Crippen LogP contribution in [0.5, 0.6) is 11.6 Å². The smallest absolute Gasteiger partial charge is 0.286 e. The number of carbonyl (C=O) groups is 2. The quantitative estimate of drug-likeness (QED) is 0.289. The highest BCUT2D eigenvalue weighted by Gasteiger charge is 2.44. The molecule has 2 aromatic carbocycles. The molecule has 312 valence electrons. The number of nitrogens with one attached hydrogen (secondary N) is 1. The lowest BCUT2D eigenvalue weighted by molar-refractivity contribution is 0.0131. The van der Waals surface area contributed by atoms with Gasteiger partial charge in [0.2, 0.25) is 5.88 Å². The van der Waals surface area contributed by atoms with Gasteiger partial charge in [0.1, 0.15) is 27.8 Å². The maximum Gasteiger partial charge on any atom is 0.286 e. The number of allylic oxidation sites excluding steroid dienone is 1. The fourth-order valence-electron chi connectivity index (χ4n) is 9.39. The second kappa shape index (κ2) is 17.3. The molecule has 13 nitrogen and oxygen atoms in total. The summed E-state index contributed by atoms with van der Waals surface area (Å²) in [6.07, 6.45) is 11.3. The number of nitrogens with zero attached hydrogens (tertiary/aromatic N) is 5. The summed E-state index contributed by atoms with van der Waals surface area (Å²) >= 11 is 6.49. The zero-order valence-corrected chi connectivity index (χ0v) is 35.3. The summed E-state index contributed by atoms with van der Waals surface area (Å²) < 4.78 is 47.6. The average Bonchev–Trinajstić information content (AvgIpc) is 3.50. The highest BCUT2D eigenvalue weighted by molar-refractivity contribution is 7.92. The predicted octanol–water partition coefficient (Wildman–Crippen LogP) is 5.85. The summed E-state index contributed by atoms with van der Waals surface area (Å²) in [4.78, 5) is 32.8. The van der Waals surface area contributed by atoms with Gasteiger partial charge in [-0.2, -0.15) is 0 Å². The van der Waals surface area contributed by atoms with Gasteiger partial charge in [0.25, 0.3) is 11.8 Å². The SMILES string of the molecule is CO[C@H]1/C=C/CC(C)CS(=O)(NC(=O)c2cn(C)nc2OCCN2CCOCC2)=NC(=O)c2ccc3c(c2)N(C[C@@H]2CC[C@H]21)C[C@@]1(CCCc2cc(Cl)ccc21)CO3. The van der Waals surface area contributed by atoms with Crippen molar-refractivity contribution >= 4 is 39.0 Å². The van der Waals surface area contributed by atoms with Crippen LogP contribution in [0.1, 0.15) is 70.9 Å². The molecule has 6 atom stereocenters. The van der Waals surface area contributed by atoms with E-state index in [1.54, 1.807) is 20.2 Å². The fraction of sp³-hybridized carbons (Fsp3) is 0.558. The van der Waals surface area contributed by atoms with Gasteiger partial charge in [-0.05, 0) is 97.7 Å². The second-order valence-electron chi connectivity index (χ2n) is 16.7. The Morgan fingerprint density at radius 1 is 1.16 bits per heavy atom. The maximum absolute atomic E-state index is 14.9. The third-order valence-corrected chi connectivity index (χ3v) is 14.8. The van der Waals surface area contributed by atoms with Gasteiger partial charge in [-0.1, -0.05) is 36.7 Å². The monoisotopic (exact) mass is 834 g/mol. The minimum Gasteiger partial charge on any atom is -0.490 e. The van der Waals surface area contributed by atoms with Crippen LogP contribution in [-0.2, 0) is 38.3 Å². The molecule has 2 fully saturated rings. The first-order chi connectivity index (χ1) is 28.0. The first-order valence-electron chi connectivity index (χ1n) is 20.6. The molecule has 2 bridgehead atoms. The lowest BCUT2D eigenvalue weighted by atomic mass is 9.68. The Bertz CT molecular complexity index is 2160. The van der Waals surface area contributed by atoms with Crippen molar-refractivity contribution in [1.29, 1.82) is 0 Å². The van der Waals surface area contributed by atoms with Crippen LogP contribution in [0, 0.1) is 17.8 Å². The van der Waals surface area contributed by atoms with Crippen molar-refractivity contribution < 1.29 is 32.7 Å². The Morgan fingerprint density at radius 2 is 2.00 bits per heavy atom. The molecule has 1 spiro atoms. The number of rotatable bonds is 7. The fourth-order valence-corrected chi connectivity index (χ4v) is 11.5. The molecule has 4 heterocycles. The summed E-state index contributed by atoms with van der Waals surface area (Å²) in [5.74, 6) is -0.0830. The highest BCUT2D eigenvalue weighted by atomic mass is 35.5. The number of morpholine rings is 1. The third-order valence-electron chi connectivity index (χ3n) is 12.6. The Kier molecular flexibility index (Phi) is 12.2. The topological polar surface area (TPSA) is 137 Å². The summed E-state index contributed by atoms with van der Waals surface area (Å²) in [5.41, 5.74) is 3.44. The molecule has 5 aliphatic rings. The number of aryl methyl sites for hydroxylation is 2. The number of fused-ring (bicyclic) bond motifs is 4. The van der Waals surface area contributed by atoms with Crippen LogP contribution in [0.3, 0.4) is 0 Å². The minimum absolute atomic E-state index is 0.0435. The average molecular weight is 835 g/mol. The predicted molar refractivity (Wildman–Crippen MR) is 223 cm³/mol. The molecule has 2 unspecified atom stereocenters. The molecule has 2 aliphatic carbocycles. The maximum atomic E-state index is 14.9. The lowest BCUT2D eigenvalue weighted by Gasteiger charge is -2.46. The largest absolute Gasteiger partial charge is 0.490 e. The standard InChI is InChI=1S/C43H55ClN6O7S/c1-29-6-4-8-38(54-3)34-12-9-32(34)24-50-27-43(15-5-7-30-22-33(44)11-13-36(30)43)28-57-39-14-10-31(23-37(39)50)40(51)46-58(53,26-29)47-41(52)35-25-48(2)45-42(35)56-21-18-49-16-19-55-20-17-49/h4,8,10-11,13-14,22-23,25,29,32,34,38H,5-7,9,12,15-21,24,26-28H2,1-3H3,(H,46,47,51,52,53)/b8-4+/t29?,32-,34+,38-,43-,58?/m0/s1. The number of anilines is 1. The molecule has 3 aromatic rings. The molecule has 2 amide bonds. The Morgan fingerprint density at radius 3 is 2.79 bits per heavy atom. The Labute approximate surface area is 346 Å². The van der Waals surface area contributed by atoms with Crippen molar-refractivity contribution in [3.05, 3.63) is 82.0 Å². The van der Waals surface area contributed by atoms with Gasteiger partial charge in [-0.3, -0.25) is 23.9 Å². The Balaban J connectivity index is 1.12. The first kappa shape index (κ1) is 40.8. The molecular formula is C43H55ClN6O7S. The van der Waals surface area contributed by atoms with Crippen LogP contribution in [-0.4, -0.2) is 109 Å². The molecule has 15 heteroatoms. The number of benzene rings is 2. The van der Waals surface area contributed by atoms with Crippen molar-refractivity contribution in [2.75, 3.05) is 76.9 Å². The van der Waals surface area contributed by atoms with Crippen molar-refractivity contribution in [2.24, 2.45) is 29.2 Å². The van der Waals surface area contributed by atoms with Gasteiger partial charge in [0.05, 0.1) is 37.4 Å². The molecule has 1 saturated carbocycles. The lowest BCUT2D eigenvalue weighted by Crippen LogP contribution is -2.49. The number of amides is 2. The number of hydrogen-bond donors (Lipinski definition) is 1. The normalized spacial score (nSPS) is 29.5. The van der Waals surface area contributed by atoms with Crippen LogP contribution < -0.4 is 19.1 Å². The number of halogens is 1. The highest BCUT2D eigenvalue weighted by Crippen LogP contribution is 2.47. The second-order valence-corrected chi connectivity index (χ2v) is 19.2. The van der Waals surface area contributed by atoms with Gasteiger partial charge in [-0.25, -0.2) is 4.21 Å². The van der Waals surface area contributed by atoms with E-state index in [2.05, 4.69) is 48.3 Å². The van der Waals surface area contributed by atoms with Crippen molar-refractivity contribution in [2.45, 2.75) is 57.0 Å². The van der Waals surface area contributed by atoms with Crippen LogP contribution >= 0.6 is 11.6 Å². The number of aromatic nitrogens is 2. The Hall–Kier alpha value is -3.95. The number of methoxy groups -OCH3 is 1. The molecule has 1 saturated heterocycles. The summed E-state index contributed by atoms with van der Waals surface area (Å²) in [7, 11) is -0.193. The van der Waals surface area contributed by atoms with E-state index in [-0.39, 0.29) is 40.2 Å². The molecule has 0 radical (unpaired) electrons. The molecule has 8 rings (SSSR count). The van der Waals surface area contributed by atoms with Crippen molar-refractivity contribution in [3.63, 3.8) is 0 Å². The van der Waals surface area contributed by atoms with Gasteiger partial charge < -0.3 is 23.8 Å². The molecule has 58 heavy (non-hydrogen) atoms. The van der Waals surface area contributed by atoms with E-state index < -0.39 is 21.7 Å². The van der Waals surface area contributed by atoms with Crippen molar-refractivity contribution in [1.82, 2.24) is 19.4 Å². The van der Waals surface area contributed by atoms with E-state index in [1.807, 2.05) is 25.1 Å².